The van der Waals surface area contributed by atoms with Crippen molar-refractivity contribution in [1.82, 2.24) is 4.98 Å². The molecule has 0 radical (unpaired) electrons. The molecule has 6 heteroatoms. The van der Waals surface area contributed by atoms with Gasteiger partial charge in [-0.15, -0.1) is 0 Å². The van der Waals surface area contributed by atoms with Gasteiger partial charge in [0, 0.05) is 6.07 Å². The topological polar surface area (TPSA) is 22.1 Å². The number of halogens is 4. The van der Waals surface area contributed by atoms with Crippen molar-refractivity contribution in [1.29, 1.82) is 0 Å². The van der Waals surface area contributed by atoms with Gasteiger partial charge in [0.2, 0.25) is 0 Å². The van der Waals surface area contributed by atoms with Crippen LogP contribution in [-0.2, 0) is 11.6 Å². The molecular weight excluding hydrogens is 286 g/mol. The molecule has 2 nitrogen and oxygen atoms in total. The van der Waals surface area contributed by atoms with Gasteiger partial charge in [-0.3, -0.25) is 0 Å². The average molecular weight is 301 g/mol. The molecule has 0 aliphatic carbocycles. The highest BCUT2D eigenvalue weighted by molar-refractivity contribution is 5.89. The molecule has 0 atom stereocenters. The summed E-state index contributed by atoms with van der Waals surface area (Å²) in [5.74, 6) is -0.827. The number of benzene rings is 1. The number of pyridine rings is 1. The van der Waals surface area contributed by atoms with Gasteiger partial charge in [0.15, 0.2) is 0 Å². The molecule has 1 heterocycles. The van der Waals surface area contributed by atoms with Gasteiger partial charge in [-0.2, -0.15) is 13.2 Å². The Morgan fingerprint density at radius 2 is 1.71 bits per heavy atom. The standard InChI is InChI=1S/C15H15F4NO/c1-14(2,3)8-5-6-9(16)12-10(21-4)7-11(15(17,18)19)20-13(8)12/h5-7H,1-4H3. The fourth-order valence-corrected chi connectivity index (χ4v) is 2.18. The van der Waals surface area contributed by atoms with E-state index < -0.39 is 23.1 Å². The number of methoxy groups -OCH3 is 1. The molecule has 114 valence electrons. The summed E-state index contributed by atoms with van der Waals surface area (Å²) in [5.41, 5.74) is -1.06. The lowest BCUT2D eigenvalue weighted by molar-refractivity contribution is -0.141. The Kier molecular flexibility index (Phi) is 3.59. The molecule has 0 aliphatic heterocycles. The molecule has 2 aromatic rings. The van der Waals surface area contributed by atoms with Crippen molar-refractivity contribution in [3.63, 3.8) is 0 Å². The lowest BCUT2D eigenvalue weighted by atomic mass is 9.85. The number of hydrogen-bond acceptors (Lipinski definition) is 2. The predicted molar refractivity (Wildman–Crippen MR) is 72.0 cm³/mol. The normalized spacial score (nSPS) is 12.8. The van der Waals surface area contributed by atoms with E-state index in [1.807, 2.05) is 20.8 Å². The van der Waals surface area contributed by atoms with E-state index in [1.165, 1.54) is 19.2 Å². The van der Waals surface area contributed by atoms with Gasteiger partial charge in [-0.25, -0.2) is 9.37 Å². The number of aromatic nitrogens is 1. The Labute approximate surface area is 119 Å². The van der Waals surface area contributed by atoms with Crippen LogP contribution in [-0.4, -0.2) is 12.1 Å². The Morgan fingerprint density at radius 1 is 1.10 bits per heavy atom. The Hall–Kier alpha value is -1.85. The molecule has 0 amide bonds. The molecule has 0 saturated heterocycles. The molecule has 1 aromatic carbocycles. The maximum absolute atomic E-state index is 14.0. The van der Waals surface area contributed by atoms with E-state index in [4.69, 9.17) is 4.74 Å². The number of hydrogen-bond donors (Lipinski definition) is 0. The van der Waals surface area contributed by atoms with Crippen molar-refractivity contribution in [3.05, 3.63) is 35.3 Å². The van der Waals surface area contributed by atoms with Gasteiger partial charge in [0.25, 0.3) is 0 Å². The molecule has 0 N–H and O–H groups in total. The Bertz CT molecular complexity index is 687. The van der Waals surface area contributed by atoms with Crippen LogP contribution in [0.1, 0.15) is 32.0 Å². The zero-order chi connectivity index (χ0) is 16.0. The summed E-state index contributed by atoms with van der Waals surface area (Å²) in [4.78, 5) is 3.64. The second-order valence-electron chi connectivity index (χ2n) is 5.78. The minimum atomic E-state index is -4.62. The zero-order valence-corrected chi connectivity index (χ0v) is 12.1. The van der Waals surface area contributed by atoms with Crippen LogP contribution in [0.25, 0.3) is 10.9 Å². The van der Waals surface area contributed by atoms with Crippen LogP contribution in [0.2, 0.25) is 0 Å². The zero-order valence-electron chi connectivity index (χ0n) is 12.1. The highest BCUT2D eigenvalue weighted by Gasteiger charge is 2.35. The van der Waals surface area contributed by atoms with E-state index in [1.54, 1.807) is 0 Å². The van der Waals surface area contributed by atoms with E-state index in [0.717, 1.165) is 6.07 Å². The van der Waals surface area contributed by atoms with Gasteiger partial charge < -0.3 is 4.74 Å². The van der Waals surface area contributed by atoms with Crippen molar-refractivity contribution < 1.29 is 22.3 Å². The summed E-state index contributed by atoms with van der Waals surface area (Å²) < 4.78 is 57.8. The second-order valence-corrected chi connectivity index (χ2v) is 5.78. The van der Waals surface area contributed by atoms with Crippen molar-refractivity contribution in [2.45, 2.75) is 32.4 Å². The smallest absolute Gasteiger partial charge is 0.433 e. The number of rotatable bonds is 1. The predicted octanol–water partition coefficient (Wildman–Crippen LogP) is 4.70. The van der Waals surface area contributed by atoms with Crippen LogP contribution in [0.15, 0.2) is 18.2 Å². The van der Waals surface area contributed by atoms with Crippen molar-refractivity contribution in [2.24, 2.45) is 0 Å². The number of alkyl halides is 3. The molecule has 2 rings (SSSR count). The highest BCUT2D eigenvalue weighted by Crippen LogP contribution is 2.38. The van der Waals surface area contributed by atoms with Crippen molar-refractivity contribution in [3.8, 4) is 5.75 Å². The minimum Gasteiger partial charge on any atom is -0.496 e. The summed E-state index contributed by atoms with van der Waals surface area (Å²) >= 11 is 0. The molecule has 0 bridgehead atoms. The molecule has 0 spiro atoms. The summed E-state index contributed by atoms with van der Waals surface area (Å²) in [7, 11) is 1.21. The number of ether oxygens (including phenoxy) is 1. The maximum Gasteiger partial charge on any atom is 0.433 e. The number of fused-ring (bicyclic) bond motifs is 1. The SMILES string of the molecule is COc1cc(C(F)(F)F)nc2c(C(C)(C)C)ccc(F)c12. The quantitative estimate of drug-likeness (QED) is 0.712. The molecule has 0 aliphatic rings. The summed E-state index contributed by atoms with van der Waals surface area (Å²) in [6, 6.07) is 3.41. The second kappa shape index (κ2) is 4.86. The van der Waals surface area contributed by atoms with E-state index >= 15 is 0 Å². The Balaban J connectivity index is 2.95. The van der Waals surface area contributed by atoms with Crippen LogP contribution < -0.4 is 4.74 Å². The summed E-state index contributed by atoms with van der Waals surface area (Å²) in [6.07, 6.45) is -4.62. The van der Waals surface area contributed by atoms with Gasteiger partial charge in [-0.05, 0) is 17.0 Å². The largest absolute Gasteiger partial charge is 0.496 e. The minimum absolute atomic E-state index is 0.0193. The van der Waals surface area contributed by atoms with E-state index in [-0.39, 0.29) is 16.7 Å². The average Bonchev–Trinajstić information content (AvgIpc) is 2.35. The lowest BCUT2D eigenvalue weighted by Gasteiger charge is -2.22. The first-order valence-corrected chi connectivity index (χ1v) is 6.30. The third-order valence-electron chi connectivity index (χ3n) is 3.19. The molecule has 0 saturated carbocycles. The van der Waals surface area contributed by atoms with Crippen molar-refractivity contribution >= 4 is 10.9 Å². The molecule has 0 unspecified atom stereocenters. The lowest BCUT2D eigenvalue weighted by Crippen LogP contribution is -2.15. The third-order valence-corrected chi connectivity index (χ3v) is 3.19. The van der Waals surface area contributed by atoms with E-state index in [0.29, 0.717) is 5.56 Å². The first kappa shape index (κ1) is 15.5. The molecular formula is C15H15F4NO. The summed E-state index contributed by atoms with van der Waals surface area (Å²) in [5, 5.41) is -0.0297. The maximum atomic E-state index is 14.0. The first-order chi connectivity index (χ1) is 9.55. The van der Waals surface area contributed by atoms with Crippen LogP contribution >= 0.6 is 0 Å². The molecule has 0 fully saturated rings. The van der Waals surface area contributed by atoms with E-state index in [2.05, 4.69) is 4.98 Å². The van der Waals surface area contributed by atoms with Crippen LogP contribution in [0, 0.1) is 5.82 Å². The summed E-state index contributed by atoms with van der Waals surface area (Å²) in [6.45, 7) is 5.48. The fourth-order valence-electron chi connectivity index (χ4n) is 2.18. The van der Waals surface area contributed by atoms with Crippen molar-refractivity contribution in [2.75, 3.05) is 7.11 Å². The fraction of sp³-hybridized carbons (Fsp3) is 0.400. The molecule has 21 heavy (non-hydrogen) atoms. The monoisotopic (exact) mass is 301 g/mol. The van der Waals surface area contributed by atoms with Crippen LogP contribution in [0.5, 0.6) is 5.75 Å². The van der Waals surface area contributed by atoms with E-state index in [9.17, 15) is 17.6 Å². The van der Waals surface area contributed by atoms with Gasteiger partial charge in [0.05, 0.1) is 18.0 Å². The number of nitrogens with zero attached hydrogens (tertiary/aromatic N) is 1. The highest BCUT2D eigenvalue weighted by atomic mass is 19.4. The first-order valence-electron chi connectivity index (χ1n) is 6.30. The van der Waals surface area contributed by atoms with Gasteiger partial charge in [-0.1, -0.05) is 26.8 Å². The molecule has 1 aromatic heterocycles. The Morgan fingerprint density at radius 3 is 2.19 bits per heavy atom. The van der Waals surface area contributed by atoms with Gasteiger partial charge >= 0.3 is 6.18 Å². The third kappa shape index (κ3) is 2.80. The van der Waals surface area contributed by atoms with Crippen LogP contribution in [0.4, 0.5) is 17.6 Å². The van der Waals surface area contributed by atoms with Crippen LogP contribution in [0.3, 0.4) is 0 Å². The van der Waals surface area contributed by atoms with Gasteiger partial charge in [0.1, 0.15) is 17.3 Å².